The maximum absolute atomic E-state index is 11.6. The summed E-state index contributed by atoms with van der Waals surface area (Å²) in [6, 6.07) is -1.29. The fraction of sp³-hybridized carbons (Fsp3) is 0.818. The molecular formula is C11H23N3O6S. The molecule has 0 unspecified atom stereocenters. The maximum atomic E-state index is 11.6. The van der Waals surface area contributed by atoms with E-state index in [0.717, 1.165) is 0 Å². The summed E-state index contributed by atoms with van der Waals surface area (Å²) in [6.45, 7) is 8.36. The van der Waals surface area contributed by atoms with E-state index in [1.165, 1.54) is 0 Å². The Labute approximate surface area is 124 Å². The number of amides is 1. The first-order valence-corrected chi connectivity index (χ1v) is 7.81. The first-order chi connectivity index (χ1) is 9.32. The standard InChI is InChI=1S/C11H23N3O6S/c1-7(2)6-8(9(15)16)13-21(18,19)14-12-10(17)20-11(3,4)5/h7-8,13-14H,6H2,1-5H3,(H,12,17)(H,15,16)/t8-/m0/s1. The molecule has 1 amide bonds. The molecule has 21 heavy (non-hydrogen) atoms. The summed E-state index contributed by atoms with van der Waals surface area (Å²) in [7, 11) is -4.21. The van der Waals surface area contributed by atoms with E-state index < -0.39 is 33.9 Å². The fourth-order valence-electron chi connectivity index (χ4n) is 1.30. The van der Waals surface area contributed by atoms with Crippen molar-refractivity contribution in [2.75, 3.05) is 0 Å². The molecule has 0 aromatic rings. The number of aliphatic carboxylic acids is 1. The van der Waals surface area contributed by atoms with E-state index >= 15 is 0 Å². The summed E-state index contributed by atoms with van der Waals surface area (Å²) in [5.74, 6) is -1.32. The molecule has 0 saturated carbocycles. The van der Waals surface area contributed by atoms with Gasteiger partial charge in [-0.1, -0.05) is 13.8 Å². The lowest BCUT2D eigenvalue weighted by molar-refractivity contribution is -0.139. The van der Waals surface area contributed by atoms with Crippen molar-refractivity contribution < 1.29 is 27.9 Å². The van der Waals surface area contributed by atoms with Gasteiger partial charge in [-0.25, -0.2) is 10.2 Å². The highest BCUT2D eigenvalue weighted by Gasteiger charge is 2.25. The normalized spacial score (nSPS) is 13.8. The highest BCUT2D eigenvalue weighted by Crippen LogP contribution is 2.07. The van der Waals surface area contributed by atoms with Crippen LogP contribution in [0.5, 0.6) is 0 Å². The van der Waals surface area contributed by atoms with E-state index in [0.29, 0.717) is 0 Å². The minimum atomic E-state index is -4.21. The summed E-state index contributed by atoms with van der Waals surface area (Å²) in [4.78, 5) is 24.0. The predicted molar refractivity (Wildman–Crippen MR) is 75.4 cm³/mol. The molecular weight excluding hydrogens is 302 g/mol. The number of hydrogen-bond acceptors (Lipinski definition) is 5. The van der Waals surface area contributed by atoms with Gasteiger partial charge in [0.1, 0.15) is 11.6 Å². The van der Waals surface area contributed by atoms with Crippen LogP contribution in [0.15, 0.2) is 0 Å². The fourth-order valence-corrected chi connectivity index (χ4v) is 2.15. The summed E-state index contributed by atoms with van der Waals surface area (Å²) >= 11 is 0. The molecule has 0 radical (unpaired) electrons. The van der Waals surface area contributed by atoms with Crippen molar-refractivity contribution in [1.82, 2.24) is 15.0 Å². The van der Waals surface area contributed by atoms with Gasteiger partial charge in [-0.3, -0.25) is 4.79 Å². The van der Waals surface area contributed by atoms with Crippen molar-refractivity contribution >= 4 is 22.3 Å². The van der Waals surface area contributed by atoms with Crippen LogP contribution in [0.25, 0.3) is 0 Å². The Morgan fingerprint density at radius 2 is 1.76 bits per heavy atom. The summed E-state index contributed by atoms with van der Waals surface area (Å²) in [5.41, 5.74) is 1.04. The van der Waals surface area contributed by atoms with Gasteiger partial charge in [0.25, 0.3) is 10.2 Å². The first kappa shape index (κ1) is 19.6. The van der Waals surface area contributed by atoms with Gasteiger partial charge in [0.2, 0.25) is 0 Å². The minimum Gasteiger partial charge on any atom is -0.480 e. The van der Waals surface area contributed by atoms with Crippen molar-refractivity contribution in [2.24, 2.45) is 5.92 Å². The van der Waals surface area contributed by atoms with E-state index in [4.69, 9.17) is 9.84 Å². The topological polar surface area (TPSA) is 134 Å². The lowest BCUT2D eigenvalue weighted by Gasteiger charge is -2.20. The molecule has 0 bridgehead atoms. The van der Waals surface area contributed by atoms with Crippen LogP contribution in [0, 0.1) is 5.92 Å². The molecule has 0 saturated heterocycles. The van der Waals surface area contributed by atoms with E-state index in [-0.39, 0.29) is 12.3 Å². The maximum Gasteiger partial charge on any atom is 0.423 e. The van der Waals surface area contributed by atoms with Gasteiger partial charge in [0, 0.05) is 0 Å². The van der Waals surface area contributed by atoms with Crippen molar-refractivity contribution in [1.29, 1.82) is 0 Å². The summed E-state index contributed by atoms with van der Waals surface area (Å²) in [5, 5.41) is 8.95. The quantitative estimate of drug-likeness (QED) is 0.499. The Bertz CT molecular complexity index is 469. The van der Waals surface area contributed by atoms with Gasteiger partial charge in [-0.2, -0.15) is 13.1 Å². The Hall–Kier alpha value is -1.39. The number of carboxylic acid groups (broad SMARTS) is 1. The minimum absolute atomic E-state index is 0.0207. The molecule has 0 aliphatic rings. The molecule has 9 nitrogen and oxygen atoms in total. The van der Waals surface area contributed by atoms with Crippen molar-refractivity contribution in [2.45, 2.75) is 52.7 Å². The van der Waals surface area contributed by atoms with E-state index in [9.17, 15) is 18.0 Å². The van der Waals surface area contributed by atoms with Crippen LogP contribution < -0.4 is 15.0 Å². The second kappa shape index (κ2) is 7.57. The third-order valence-corrected chi connectivity index (χ3v) is 2.95. The molecule has 0 spiro atoms. The monoisotopic (exact) mass is 325 g/mol. The lowest BCUT2D eigenvalue weighted by Crippen LogP contribution is -2.53. The highest BCUT2D eigenvalue weighted by atomic mass is 32.2. The molecule has 0 rings (SSSR count). The molecule has 124 valence electrons. The van der Waals surface area contributed by atoms with Crippen molar-refractivity contribution in [3.05, 3.63) is 0 Å². The van der Waals surface area contributed by atoms with Gasteiger partial charge in [-0.05, 0) is 33.1 Å². The first-order valence-electron chi connectivity index (χ1n) is 6.33. The van der Waals surface area contributed by atoms with Crippen LogP contribution in [0.4, 0.5) is 4.79 Å². The van der Waals surface area contributed by atoms with Crippen LogP contribution in [0.3, 0.4) is 0 Å². The van der Waals surface area contributed by atoms with E-state index in [1.807, 2.05) is 10.1 Å². The number of hydrazine groups is 1. The average Bonchev–Trinajstić information content (AvgIpc) is 2.22. The third kappa shape index (κ3) is 10.0. The molecule has 0 aliphatic carbocycles. The number of carbonyl (C=O) groups excluding carboxylic acids is 1. The molecule has 0 heterocycles. The van der Waals surface area contributed by atoms with Crippen molar-refractivity contribution in [3.8, 4) is 0 Å². The van der Waals surface area contributed by atoms with Crippen LogP contribution in [0.1, 0.15) is 41.0 Å². The molecule has 0 fully saturated rings. The Morgan fingerprint density at radius 1 is 1.24 bits per heavy atom. The summed E-state index contributed by atoms with van der Waals surface area (Å²) < 4.78 is 30.0. The largest absolute Gasteiger partial charge is 0.480 e. The summed E-state index contributed by atoms with van der Waals surface area (Å²) in [6.07, 6.45) is -0.883. The van der Waals surface area contributed by atoms with Crippen LogP contribution >= 0.6 is 0 Å². The lowest BCUT2D eigenvalue weighted by atomic mass is 10.1. The third-order valence-electron chi connectivity index (χ3n) is 1.99. The molecule has 0 aliphatic heterocycles. The van der Waals surface area contributed by atoms with Gasteiger partial charge in [-0.15, -0.1) is 4.83 Å². The number of rotatable bonds is 7. The molecule has 0 aromatic heterocycles. The zero-order valence-corrected chi connectivity index (χ0v) is 13.6. The zero-order valence-electron chi connectivity index (χ0n) is 12.8. The Balaban J connectivity index is 4.55. The van der Waals surface area contributed by atoms with Gasteiger partial charge < -0.3 is 9.84 Å². The van der Waals surface area contributed by atoms with Crippen LogP contribution in [0.2, 0.25) is 0 Å². The van der Waals surface area contributed by atoms with Gasteiger partial charge in [0.15, 0.2) is 0 Å². The molecule has 4 N–H and O–H groups in total. The van der Waals surface area contributed by atoms with E-state index in [2.05, 4.69) is 0 Å². The number of nitrogens with one attached hydrogen (secondary N) is 3. The zero-order chi connectivity index (χ0) is 16.8. The SMILES string of the molecule is CC(C)C[C@H](NS(=O)(=O)NNC(=O)OC(C)(C)C)C(=O)O. The number of carbonyl (C=O) groups is 2. The van der Waals surface area contributed by atoms with E-state index in [1.54, 1.807) is 39.4 Å². The molecule has 10 heteroatoms. The second-order valence-electron chi connectivity index (χ2n) is 5.87. The Morgan fingerprint density at radius 3 is 2.14 bits per heavy atom. The smallest absolute Gasteiger partial charge is 0.423 e. The average molecular weight is 325 g/mol. The van der Waals surface area contributed by atoms with Crippen molar-refractivity contribution in [3.63, 3.8) is 0 Å². The number of hydrogen-bond donors (Lipinski definition) is 4. The second-order valence-corrected chi connectivity index (χ2v) is 7.32. The van der Waals surface area contributed by atoms with Gasteiger partial charge in [0.05, 0.1) is 0 Å². The van der Waals surface area contributed by atoms with Crippen LogP contribution in [-0.2, 0) is 19.7 Å². The van der Waals surface area contributed by atoms with Gasteiger partial charge >= 0.3 is 12.1 Å². The molecule has 1 atom stereocenters. The predicted octanol–water partition coefficient (Wildman–Crippen LogP) is 0.349. The number of ether oxygens (including phenoxy) is 1. The number of carboxylic acids is 1. The van der Waals surface area contributed by atoms with Crippen LogP contribution in [-0.4, -0.2) is 37.2 Å². The molecule has 0 aromatic carbocycles. The Kier molecular flexibility index (Phi) is 7.07. The highest BCUT2D eigenvalue weighted by molar-refractivity contribution is 7.87.